The van der Waals surface area contributed by atoms with Gasteiger partial charge >= 0.3 is 0 Å². The molecule has 2 fully saturated rings. The van der Waals surface area contributed by atoms with Crippen molar-refractivity contribution in [2.45, 2.75) is 31.1 Å². The van der Waals surface area contributed by atoms with Gasteiger partial charge in [0, 0.05) is 58.5 Å². The van der Waals surface area contributed by atoms with Crippen molar-refractivity contribution in [1.82, 2.24) is 19.4 Å². The Bertz CT molecular complexity index is 692. The quantitative estimate of drug-likeness (QED) is 0.712. The number of likely N-dealkylation sites (tertiary alicyclic amines) is 1. The topological polar surface area (TPSA) is 86.1 Å². The number of amides is 2. The van der Waals surface area contributed by atoms with Crippen molar-refractivity contribution >= 4 is 11.8 Å². The largest absolute Gasteiger partial charge is 0.378 e. The zero-order valence-corrected chi connectivity index (χ0v) is 15.6. The van der Waals surface area contributed by atoms with Gasteiger partial charge in [0.1, 0.15) is 18.0 Å². The van der Waals surface area contributed by atoms with Crippen LogP contribution < -0.4 is 0 Å². The van der Waals surface area contributed by atoms with Crippen LogP contribution in [0.4, 0.5) is 0 Å². The molecule has 0 N–H and O–H groups in total. The van der Waals surface area contributed by atoms with Gasteiger partial charge in [-0.25, -0.2) is 4.98 Å². The Hall–Kier alpha value is -1.97. The highest BCUT2D eigenvalue weighted by Gasteiger charge is 2.48. The van der Waals surface area contributed by atoms with E-state index in [4.69, 9.17) is 14.2 Å². The fourth-order valence-corrected chi connectivity index (χ4v) is 4.19. The van der Waals surface area contributed by atoms with Gasteiger partial charge in [0.2, 0.25) is 5.91 Å². The van der Waals surface area contributed by atoms with Crippen molar-refractivity contribution in [3.05, 3.63) is 18.2 Å². The Morgan fingerprint density at radius 1 is 1.22 bits per heavy atom. The maximum Gasteiger partial charge on any atom is 0.253 e. The second-order valence-electron chi connectivity index (χ2n) is 7.26. The lowest BCUT2D eigenvalue weighted by atomic mass is 9.88. The number of imidazole rings is 1. The van der Waals surface area contributed by atoms with Gasteiger partial charge in [-0.3, -0.25) is 9.59 Å². The number of fused-ring (bicyclic) bond motifs is 2. The summed E-state index contributed by atoms with van der Waals surface area (Å²) >= 11 is 0. The van der Waals surface area contributed by atoms with Gasteiger partial charge in [0.25, 0.3) is 5.91 Å². The second kappa shape index (κ2) is 7.57. The average molecular weight is 378 g/mol. The van der Waals surface area contributed by atoms with Crippen molar-refractivity contribution < 1.29 is 23.8 Å². The molecule has 4 rings (SSSR count). The summed E-state index contributed by atoms with van der Waals surface area (Å²) in [4.78, 5) is 33.2. The van der Waals surface area contributed by atoms with E-state index < -0.39 is 11.7 Å². The lowest BCUT2D eigenvalue weighted by Gasteiger charge is -2.46. The third-order valence-corrected chi connectivity index (χ3v) is 5.64. The van der Waals surface area contributed by atoms with E-state index in [1.54, 1.807) is 11.1 Å². The number of rotatable bonds is 3. The Balaban J connectivity index is 1.51. The molecular formula is C18H26N4O5. The normalized spacial score (nSPS) is 24.7. The van der Waals surface area contributed by atoms with Gasteiger partial charge in [0.15, 0.2) is 6.10 Å². The molecule has 3 aliphatic rings. The first kappa shape index (κ1) is 18.4. The first-order valence-electron chi connectivity index (χ1n) is 9.46. The van der Waals surface area contributed by atoms with Crippen LogP contribution in [0.1, 0.15) is 18.7 Å². The fourth-order valence-electron chi connectivity index (χ4n) is 4.19. The molecule has 0 bridgehead atoms. The van der Waals surface area contributed by atoms with Crippen LogP contribution in [0.3, 0.4) is 0 Å². The van der Waals surface area contributed by atoms with Gasteiger partial charge in [-0.2, -0.15) is 0 Å². The van der Waals surface area contributed by atoms with E-state index in [0.29, 0.717) is 58.8 Å². The van der Waals surface area contributed by atoms with E-state index in [1.165, 1.54) is 7.11 Å². The van der Waals surface area contributed by atoms with Crippen LogP contribution in [0.2, 0.25) is 0 Å². The number of aromatic nitrogens is 2. The summed E-state index contributed by atoms with van der Waals surface area (Å²) in [6, 6.07) is 0. The predicted molar refractivity (Wildman–Crippen MR) is 93.9 cm³/mol. The minimum Gasteiger partial charge on any atom is -0.378 e. The summed E-state index contributed by atoms with van der Waals surface area (Å²) < 4.78 is 18.7. The van der Waals surface area contributed by atoms with Crippen molar-refractivity contribution in [3.8, 4) is 0 Å². The van der Waals surface area contributed by atoms with E-state index in [-0.39, 0.29) is 18.4 Å². The molecule has 1 aromatic heterocycles. The van der Waals surface area contributed by atoms with Crippen LogP contribution in [0, 0.1) is 0 Å². The van der Waals surface area contributed by atoms with Crippen molar-refractivity contribution in [2.24, 2.45) is 0 Å². The number of methoxy groups -OCH3 is 1. The number of piperidine rings is 1. The van der Waals surface area contributed by atoms with Crippen LogP contribution in [-0.2, 0) is 35.9 Å². The number of hydrogen-bond donors (Lipinski definition) is 0. The summed E-state index contributed by atoms with van der Waals surface area (Å²) in [5.41, 5.74) is -0.627. The molecule has 2 amide bonds. The SMILES string of the molecule is COCC(=O)N1CCC2(CC1)O[C@H](C(=O)N1CCOCC1)Cn1ccnc12. The molecule has 1 aromatic rings. The summed E-state index contributed by atoms with van der Waals surface area (Å²) in [5, 5.41) is 0. The van der Waals surface area contributed by atoms with E-state index in [2.05, 4.69) is 4.98 Å². The molecule has 3 aliphatic heterocycles. The van der Waals surface area contributed by atoms with Crippen LogP contribution >= 0.6 is 0 Å². The number of morpholine rings is 1. The molecule has 0 aromatic carbocycles. The van der Waals surface area contributed by atoms with Crippen molar-refractivity contribution in [1.29, 1.82) is 0 Å². The van der Waals surface area contributed by atoms with Crippen LogP contribution in [0.15, 0.2) is 12.4 Å². The second-order valence-corrected chi connectivity index (χ2v) is 7.26. The third-order valence-electron chi connectivity index (χ3n) is 5.64. The Labute approximate surface area is 158 Å². The Kier molecular flexibility index (Phi) is 5.16. The summed E-state index contributed by atoms with van der Waals surface area (Å²) in [6.45, 7) is 4.01. The molecule has 4 heterocycles. The van der Waals surface area contributed by atoms with Crippen LogP contribution in [0.25, 0.3) is 0 Å². The summed E-state index contributed by atoms with van der Waals surface area (Å²) in [7, 11) is 1.52. The first-order valence-corrected chi connectivity index (χ1v) is 9.46. The molecule has 0 radical (unpaired) electrons. The van der Waals surface area contributed by atoms with Crippen LogP contribution in [-0.4, -0.2) is 90.4 Å². The summed E-state index contributed by atoms with van der Waals surface area (Å²) in [5.74, 6) is 0.842. The highest BCUT2D eigenvalue weighted by Crippen LogP contribution is 2.40. The zero-order valence-electron chi connectivity index (χ0n) is 15.6. The Morgan fingerprint density at radius 3 is 2.67 bits per heavy atom. The number of carbonyl (C=O) groups excluding carboxylic acids is 2. The molecule has 0 saturated carbocycles. The van der Waals surface area contributed by atoms with Gasteiger partial charge in [-0.15, -0.1) is 0 Å². The molecule has 27 heavy (non-hydrogen) atoms. The number of ether oxygens (including phenoxy) is 3. The monoisotopic (exact) mass is 378 g/mol. The minimum atomic E-state index is -0.627. The lowest BCUT2D eigenvalue weighted by Crippen LogP contribution is -2.56. The van der Waals surface area contributed by atoms with E-state index in [1.807, 2.05) is 15.7 Å². The van der Waals surface area contributed by atoms with E-state index in [9.17, 15) is 9.59 Å². The molecule has 9 nitrogen and oxygen atoms in total. The van der Waals surface area contributed by atoms with Crippen molar-refractivity contribution in [2.75, 3.05) is 53.1 Å². The smallest absolute Gasteiger partial charge is 0.253 e. The molecule has 0 aliphatic carbocycles. The number of carbonyl (C=O) groups is 2. The number of nitrogens with zero attached hydrogens (tertiary/aromatic N) is 4. The van der Waals surface area contributed by atoms with Gasteiger partial charge in [0.05, 0.1) is 19.8 Å². The Morgan fingerprint density at radius 2 is 1.96 bits per heavy atom. The highest BCUT2D eigenvalue weighted by atomic mass is 16.5. The molecule has 9 heteroatoms. The first-order chi connectivity index (χ1) is 13.1. The molecule has 148 valence electrons. The molecule has 1 atom stereocenters. The lowest BCUT2D eigenvalue weighted by molar-refractivity contribution is -0.185. The molecule has 0 unspecified atom stereocenters. The standard InChI is InChI=1S/C18H26N4O5/c1-25-13-15(23)20-5-2-18(3-6-20)17-19-4-7-22(17)12-14(27-18)16(24)21-8-10-26-11-9-21/h4,7,14H,2-3,5-6,8-13H2,1H3/t14-/m0/s1. The maximum atomic E-state index is 13.0. The van der Waals surface area contributed by atoms with Gasteiger partial charge in [-0.05, 0) is 0 Å². The third kappa shape index (κ3) is 3.46. The average Bonchev–Trinajstić information content (AvgIpc) is 3.18. The zero-order chi connectivity index (χ0) is 18.9. The van der Waals surface area contributed by atoms with E-state index >= 15 is 0 Å². The van der Waals surface area contributed by atoms with E-state index in [0.717, 1.165) is 5.82 Å². The van der Waals surface area contributed by atoms with Gasteiger partial charge < -0.3 is 28.6 Å². The predicted octanol–water partition coefficient (Wildman–Crippen LogP) is -0.395. The minimum absolute atomic E-state index is 0.00918. The van der Waals surface area contributed by atoms with Crippen molar-refractivity contribution in [3.63, 3.8) is 0 Å². The molecular weight excluding hydrogens is 352 g/mol. The van der Waals surface area contributed by atoms with Crippen LogP contribution in [0.5, 0.6) is 0 Å². The molecule has 2 saturated heterocycles. The summed E-state index contributed by atoms with van der Waals surface area (Å²) in [6.07, 6.45) is 4.36. The fraction of sp³-hybridized carbons (Fsp3) is 0.722. The molecule has 1 spiro atoms. The highest BCUT2D eigenvalue weighted by molar-refractivity contribution is 5.81. The van der Waals surface area contributed by atoms with Gasteiger partial charge in [-0.1, -0.05) is 0 Å². The number of hydrogen-bond acceptors (Lipinski definition) is 6. The maximum absolute atomic E-state index is 13.0.